The highest BCUT2D eigenvalue weighted by atomic mass is 19.1. The van der Waals surface area contributed by atoms with Gasteiger partial charge in [-0.3, -0.25) is 0 Å². The van der Waals surface area contributed by atoms with Crippen LogP contribution in [0.1, 0.15) is 34.7 Å². The fourth-order valence-electron chi connectivity index (χ4n) is 3.52. The Bertz CT molecular complexity index is 921. The van der Waals surface area contributed by atoms with Crippen LogP contribution in [-0.4, -0.2) is 16.7 Å². The van der Waals surface area contributed by atoms with Crippen LogP contribution < -0.4 is 5.32 Å². The lowest BCUT2D eigenvalue weighted by molar-refractivity contribution is 0.617. The van der Waals surface area contributed by atoms with Crippen LogP contribution in [0.15, 0.2) is 48.5 Å². The molecule has 0 saturated heterocycles. The number of halogens is 2. The zero-order valence-electron chi connectivity index (χ0n) is 14.5. The Hall–Kier alpha value is -2.66. The third-order valence-corrected chi connectivity index (χ3v) is 4.88. The van der Waals surface area contributed by atoms with Crippen molar-refractivity contribution in [2.75, 3.05) is 6.54 Å². The molecule has 1 atom stereocenters. The zero-order chi connectivity index (χ0) is 18.1. The highest BCUT2D eigenvalue weighted by Crippen LogP contribution is 2.35. The summed E-state index contributed by atoms with van der Waals surface area (Å²) in [5.74, 6) is -0.538. The molecule has 0 saturated carbocycles. The van der Waals surface area contributed by atoms with E-state index in [2.05, 4.69) is 15.5 Å². The Morgan fingerprint density at radius 1 is 1.00 bits per heavy atom. The second-order valence-electron chi connectivity index (χ2n) is 6.66. The number of nitrogens with zero attached hydrogens (tertiary/aromatic N) is 2. The van der Waals surface area contributed by atoms with Crippen molar-refractivity contribution in [1.82, 2.24) is 15.5 Å². The quantitative estimate of drug-likeness (QED) is 0.746. The average molecular weight is 351 g/mol. The van der Waals surface area contributed by atoms with Crippen LogP contribution >= 0.6 is 0 Å². The maximum absolute atomic E-state index is 14.9. The van der Waals surface area contributed by atoms with Gasteiger partial charge in [-0.25, -0.2) is 8.78 Å². The molecule has 2 heterocycles. The number of fused-ring (bicyclic) bond motifs is 1. The predicted molar refractivity (Wildman–Crippen MR) is 96.7 cm³/mol. The highest BCUT2D eigenvalue weighted by Gasteiger charge is 2.23. The maximum Gasteiger partial charge on any atom is 0.132 e. The van der Waals surface area contributed by atoms with Gasteiger partial charge in [-0.2, -0.15) is 10.2 Å². The van der Waals surface area contributed by atoms with Crippen molar-refractivity contribution < 1.29 is 8.78 Å². The van der Waals surface area contributed by atoms with Crippen LogP contribution in [0.5, 0.6) is 0 Å². The second-order valence-corrected chi connectivity index (χ2v) is 6.66. The van der Waals surface area contributed by atoms with E-state index in [4.69, 9.17) is 0 Å². The third kappa shape index (κ3) is 3.22. The summed E-state index contributed by atoms with van der Waals surface area (Å²) in [7, 11) is 0. The van der Waals surface area contributed by atoms with Gasteiger partial charge < -0.3 is 5.32 Å². The molecule has 1 N–H and O–H groups in total. The third-order valence-electron chi connectivity index (χ3n) is 4.88. The standard InChI is InChI=1S/C21H19F2N3/c1-13-2-7-21(26-25-13)19-10-15-12-24-9-8-17(18(15)11-20(19)23)14-3-5-16(22)6-4-14/h2-7,10-11,17,24H,8-9,12H2,1H3. The lowest BCUT2D eigenvalue weighted by Gasteiger charge is -2.19. The van der Waals surface area contributed by atoms with E-state index >= 15 is 0 Å². The van der Waals surface area contributed by atoms with Crippen molar-refractivity contribution in [3.05, 3.63) is 82.5 Å². The summed E-state index contributed by atoms with van der Waals surface area (Å²) in [6, 6.07) is 13.6. The molecule has 26 heavy (non-hydrogen) atoms. The van der Waals surface area contributed by atoms with Gasteiger partial charge in [0.15, 0.2) is 0 Å². The lowest BCUT2D eigenvalue weighted by Crippen LogP contribution is -2.12. The Balaban J connectivity index is 1.80. The molecule has 0 bridgehead atoms. The number of benzene rings is 2. The van der Waals surface area contributed by atoms with Crippen molar-refractivity contribution in [3.63, 3.8) is 0 Å². The minimum atomic E-state index is -0.309. The average Bonchev–Trinajstić information content (AvgIpc) is 2.85. The van der Waals surface area contributed by atoms with Gasteiger partial charge in [-0.15, -0.1) is 0 Å². The molecule has 0 aliphatic carbocycles. The number of nitrogens with one attached hydrogen (secondary N) is 1. The summed E-state index contributed by atoms with van der Waals surface area (Å²) >= 11 is 0. The SMILES string of the molecule is Cc1ccc(-c2cc3c(cc2F)C(c2ccc(F)cc2)CCNC3)nn1. The molecule has 3 aromatic rings. The van der Waals surface area contributed by atoms with Gasteiger partial charge >= 0.3 is 0 Å². The number of hydrogen-bond donors (Lipinski definition) is 1. The first-order valence-electron chi connectivity index (χ1n) is 8.71. The summed E-state index contributed by atoms with van der Waals surface area (Å²) in [5, 5.41) is 11.5. The molecule has 5 heteroatoms. The van der Waals surface area contributed by atoms with Crippen molar-refractivity contribution in [2.24, 2.45) is 0 Å². The van der Waals surface area contributed by atoms with E-state index in [1.54, 1.807) is 24.3 Å². The van der Waals surface area contributed by atoms with Crippen LogP contribution in [0, 0.1) is 18.6 Å². The molecule has 3 nitrogen and oxygen atoms in total. The van der Waals surface area contributed by atoms with E-state index in [0.29, 0.717) is 17.8 Å². The lowest BCUT2D eigenvalue weighted by atomic mass is 9.85. The molecule has 1 unspecified atom stereocenters. The largest absolute Gasteiger partial charge is 0.313 e. The van der Waals surface area contributed by atoms with Crippen LogP contribution in [0.3, 0.4) is 0 Å². The van der Waals surface area contributed by atoms with Crippen LogP contribution in [0.2, 0.25) is 0 Å². The fourth-order valence-corrected chi connectivity index (χ4v) is 3.52. The molecule has 1 aliphatic rings. The summed E-state index contributed by atoms with van der Waals surface area (Å²) < 4.78 is 28.2. The summed E-state index contributed by atoms with van der Waals surface area (Å²) in [4.78, 5) is 0. The zero-order valence-corrected chi connectivity index (χ0v) is 14.5. The molecule has 0 radical (unpaired) electrons. The Labute approximate surface area is 151 Å². The van der Waals surface area contributed by atoms with Gasteiger partial charge in [0.2, 0.25) is 0 Å². The van der Waals surface area contributed by atoms with Crippen molar-refractivity contribution in [2.45, 2.75) is 25.8 Å². The number of rotatable bonds is 2. The molecule has 4 rings (SSSR count). The number of hydrogen-bond acceptors (Lipinski definition) is 3. The minimum absolute atomic E-state index is 0.0354. The van der Waals surface area contributed by atoms with E-state index in [1.165, 1.54) is 12.1 Å². The molecular formula is C21H19F2N3. The fraction of sp³-hybridized carbons (Fsp3) is 0.238. The molecule has 2 aromatic carbocycles. The topological polar surface area (TPSA) is 37.8 Å². The van der Waals surface area contributed by atoms with Crippen LogP contribution in [0.25, 0.3) is 11.3 Å². The molecule has 132 valence electrons. The van der Waals surface area contributed by atoms with Crippen LogP contribution in [-0.2, 0) is 6.54 Å². The molecule has 1 aromatic heterocycles. The predicted octanol–water partition coefficient (Wildman–Crippen LogP) is 4.36. The molecule has 1 aliphatic heterocycles. The molecule has 0 fully saturated rings. The summed E-state index contributed by atoms with van der Waals surface area (Å²) in [5.41, 5.74) is 4.76. The van der Waals surface area contributed by atoms with Gasteiger partial charge in [0.25, 0.3) is 0 Å². The van der Waals surface area contributed by atoms with Gasteiger partial charge in [-0.1, -0.05) is 12.1 Å². The van der Waals surface area contributed by atoms with Gasteiger partial charge in [0.05, 0.1) is 11.4 Å². The van der Waals surface area contributed by atoms with E-state index in [1.807, 2.05) is 19.1 Å². The van der Waals surface area contributed by atoms with Crippen molar-refractivity contribution in [1.29, 1.82) is 0 Å². The molecular weight excluding hydrogens is 332 g/mol. The Kier molecular flexibility index (Phi) is 4.47. The number of aryl methyl sites for hydroxylation is 1. The Morgan fingerprint density at radius 2 is 1.81 bits per heavy atom. The monoisotopic (exact) mass is 351 g/mol. The molecule has 0 amide bonds. The van der Waals surface area contributed by atoms with Gasteiger partial charge in [-0.05, 0) is 73.0 Å². The Morgan fingerprint density at radius 3 is 2.54 bits per heavy atom. The number of aromatic nitrogens is 2. The summed E-state index contributed by atoms with van der Waals surface area (Å²) in [6.45, 7) is 3.33. The van der Waals surface area contributed by atoms with Crippen molar-refractivity contribution >= 4 is 0 Å². The van der Waals surface area contributed by atoms with Gasteiger partial charge in [0, 0.05) is 18.0 Å². The van der Waals surface area contributed by atoms with E-state index < -0.39 is 0 Å². The van der Waals surface area contributed by atoms with Gasteiger partial charge in [0.1, 0.15) is 11.6 Å². The van der Waals surface area contributed by atoms with E-state index in [-0.39, 0.29) is 17.6 Å². The molecule has 0 spiro atoms. The second kappa shape index (κ2) is 6.92. The highest BCUT2D eigenvalue weighted by molar-refractivity contribution is 5.62. The van der Waals surface area contributed by atoms with E-state index in [9.17, 15) is 8.78 Å². The first kappa shape index (κ1) is 16.8. The minimum Gasteiger partial charge on any atom is -0.313 e. The van der Waals surface area contributed by atoms with E-state index in [0.717, 1.165) is 35.3 Å². The summed E-state index contributed by atoms with van der Waals surface area (Å²) in [6.07, 6.45) is 0.835. The first-order chi connectivity index (χ1) is 12.6. The normalized spacial score (nSPS) is 16.8. The van der Waals surface area contributed by atoms with Crippen LogP contribution in [0.4, 0.5) is 8.78 Å². The maximum atomic E-state index is 14.9. The van der Waals surface area contributed by atoms with Crippen molar-refractivity contribution in [3.8, 4) is 11.3 Å². The first-order valence-corrected chi connectivity index (χ1v) is 8.71. The smallest absolute Gasteiger partial charge is 0.132 e.